The zero-order valence-electron chi connectivity index (χ0n) is 31.5. The van der Waals surface area contributed by atoms with E-state index in [1.165, 1.54) is 57.8 Å². The van der Waals surface area contributed by atoms with Crippen molar-refractivity contribution in [3.05, 3.63) is 0 Å². The fourth-order valence-electron chi connectivity index (χ4n) is 4.91. The summed E-state index contributed by atoms with van der Waals surface area (Å²) in [6.45, 7) is 6.53. The van der Waals surface area contributed by atoms with Crippen LogP contribution in [0.2, 0.25) is 0 Å². The van der Waals surface area contributed by atoms with E-state index in [1.54, 1.807) is 0 Å². The van der Waals surface area contributed by atoms with Crippen LogP contribution in [0, 0.1) is 0 Å². The summed E-state index contributed by atoms with van der Waals surface area (Å²) < 4.78 is 21.9. The Balaban J connectivity index is 3.57. The first-order chi connectivity index (χ1) is 25.3. The summed E-state index contributed by atoms with van der Waals surface area (Å²) in [5.41, 5.74) is 0. The smallest absolute Gasteiger partial charge is 0.242 e. The topological polar surface area (TPSA) is 182 Å². The van der Waals surface area contributed by atoms with E-state index in [0.717, 1.165) is 12.8 Å². The van der Waals surface area contributed by atoms with Crippen molar-refractivity contribution in [2.75, 3.05) is 89.7 Å². The van der Waals surface area contributed by atoms with E-state index in [4.69, 9.17) is 18.9 Å². The van der Waals surface area contributed by atoms with Crippen LogP contribution < -0.4 is 26.6 Å². The molecule has 0 aliphatic carbocycles. The minimum atomic E-state index is -0.716. The molecule has 0 rings (SSSR count). The Kier molecular flexibility index (Phi) is 37.5. The van der Waals surface area contributed by atoms with Gasteiger partial charge in [0.25, 0.3) is 0 Å². The summed E-state index contributed by atoms with van der Waals surface area (Å²) >= 11 is 6.15. The molecule has 0 heterocycles. The van der Waals surface area contributed by atoms with Gasteiger partial charge in [-0.15, -0.1) is 0 Å². The fourth-order valence-corrected chi connectivity index (χ4v) is 5.27. The van der Waals surface area contributed by atoms with Crippen molar-refractivity contribution >= 4 is 61.4 Å². The van der Waals surface area contributed by atoms with Crippen LogP contribution in [0.15, 0.2) is 0 Å². The second-order valence-corrected chi connectivity index (χ2v) is 13.5. The van der Waals surface area contributed by atoms with Crippen LogP contribution in [0.5, 0.6) is 0 Å². The third kappa shape index (κ3) is 35.2. The molecule has 0 aliphatic heterocycles. The second-order valence-electron chi connectivity index (χ2n) is 12.4. The molecular formula is C36H67Br2N5O9. The molecule has 0 bridgehead atoms. The number of nitrogens with one attached hydrogen (secondary N) is 5. The highest BCUT2D eigenvalue weighted by molar-refractivity contribution is 9.09. The number of rotatable bonds is 38. The van der Waals surface area contributed by atoms with Gasteiger partial charge < -0.3 is 45.5 Å². The molecule has 1 atom stereocenters. The van der Waals surface area contributed by atoms with E-state index >= 15 is 0 Å². The Morgan fingerprint density at radius 2 is 0.904 bits per heavy atom. The van der Waals surface area contributed by atoms with E-state index in [-0.39, 0.29) is 66.4 Å². The number of ether oxygens (including phenoxy) is 4. The molecule has 1 unspecified atom stereocenters. The summed E-state index contributed by atoms with van der Waals surface area (Å²) in [6, 6.07) is -0.716. The Hall–Kier alpha value is -1.85. The molecular weight excluding hydrogens is 806 g/mol. The van der Waals surface area contributed by atoms with Gasteiger partial charge in [-0.1, -0.05) is 103 Å². The molecule has 0 aromatic carbocycles. The van der Waals surface area contributed by atoms with Gasteiger partial charge in [-0.05, 0) is 19.3 Å². The Labute approximate surface area is 328 Å². The summed E-state index contributed by atoms with van der Waals surface area (Å²) in [7, 11) is 0. The van der Waals surface area contributed by atoms with E-state index in [2.05, 4.69) is 65.4 Å². The largest absolute Gasteiger partial charge is 0.379 e. The number of carbonyl (C=O) groups excluding carboxylic acids is 5. The lowest BCUT2D eigenvalue weighted by Crippen LogP contribution is -2.48. The first-order valence-electron chi connectivity index (χ1n) is 19.1. The lowest BCUT2D eigenvalue weighted by Gasteiger charge is -2.18. The number of hydrogen-bond acceptors (Lipinski definition) is 9. The number of unbranched alkanes of at least 4 members (excludes halogenated alkanes) is 10. The predicted octanol–water partition coefficient (Wildman–Crippen LogP) is 3.66. The van der Waals surface area contributed by atoms with E-state index in [9.17, 15) is 24.0 Å². The first kappa shape index (κ1) is 50.1. The van der Waals surface area contributed by atoms with Gasteiger partial charge in [-0.2, -0.15) is 0 Å². The number of alkyl halides is 2. The van der Waals surface area contributed by atoms with Crippen LogP contribution in [-0.4, -0.2) is 125 Å². The highest BCUT2D eigenvalue weighted by atomic mass is 79.9. The van der Waals surface area contributed by atoms with E-state index < -0.39 is 6.04 Å². The van der Waals surface area contributed by atoms with Crippen LogP contribution in [-0.2, 0) is 42.9 Å². The molecule has 5 N–H and O–H groups in total. The predicted molar refractivity (Wildman–Crippen MR) is 210 cm³/mol. The average molecular weight is 874 g/mol. The molecule has 304 valence electrons. The van der Waals surface area contributed by atoms with Gasteiger partial charge in [-0.3, -0.25) is 24.0 Å². The summed E-state index contributed by atoms with van der Waals surface area (Å²) in [5.74, 6) is -0.836. The molecule has 0 fully saturated rings. The highest BCUT2D eigenvalue weighted by Gasteiger charge is 2.19. The lowest BCUT2D eigenvalue weighted by atomic mass is 10.1. The summed E-state index contributed by atoms with van der Waals surface area (Å²) in [5, 5.41) is 14.1. The number of carbonyl (C=O) groups is 5. The molecule has 16 heteroatoms. The minimum Gasteiger partial charge on any atom is -0.379 e. The van der Waals surface area contributed by atoms with Gasteiger partial charge in [0, 0.05) is 39.0 Å². The molecule has 14 nitrogen and oxygen atoms in total. The number of amides is 5. The molecule has 0 radical (unpaired) electrons. The Morgan fingerprint density at radius 1 is 0.462 bits per heavy atom. The van der Waals surface area contributed by atoms with Gasteiger partial charge in [0.2, 0.25) is 29.5 Å². The van der Waals surface area contributed by atoms with Crippen molar-refractivity contribution in [3.63, 3.8) is 0 Å². The molecule has 0 saturated carbocycles. The SMILES string of the molecule is CCCCCCCCCCCCCC(=O)NCCOCCOCCNC(=O)CCOCCOCCNC(=O)C(CCCNC(=O)CBr)NC(=O)CBr. The zero-order valence-corrected chi connectivity index (χ0v) is 34.7. The highest BCUT2D eigenvalue weighted by Crippen LogP contribution is 2.12. The fraction of sp³-hybridized carbons (Fsp3) is 0.861. The monoisotopic (exact) mass is 871 g/mol. The van der Waals surface area contributed by atoms with Gasteiger partial charge in [0.1, 0.15) is 6.04 Å². The quantitative estimate of drug-likeness (QED) is 0.0457. The van der Waals surface area contributed by atoms with Crippen molar-refractivity contribution in [2.24, 2.45) is 0 Å². The number of halogens is 2. The average Bonchev–Trinajstić information content (AvgIpc) is 3.14. The van der Waals surface area contributed by atoms with E-state index in [0.29, 0.717) is 78.5 Å². The maximum Gasteiger partial charge on any atom is 0.242 e. The Bertz CT molecular complexity index is 921. The third-order valence-electron chi connectivity index (χ3n) is 7.79. The molecule has 0 spiro atoms. The Morgan fingerprint density at radius 3 is 1.42 bits per heavy atom. The lowest BCUT2D eigenvalue weighted by molar-refractivity contribution is -0.128. The molecule has 0 aliphatic rings. The van der Waals surface area contributed by atoms with Gasteiger partial charge in [0.05, 0.1) is 63.5 Å². The maximum atomic E-state index is 12.5. The molecule has 52 heavy (non-hydrogen) atoms. The van der Waals surface area contributed by atoms with Crippen LogP contribution >= 0.6 is 31.9 Å². The standard InChI is InChI=1S/C36H67Br2N5O9/c1-2-3-4-5-6-7-8-9-10-11-12-15-32(44)40-18-22-50-27-28-51-23-19-41-33(45)16-21-49-25-26-52-24-20-42-36(48)31(43-35(47)30-38)14-13-17-39-34(46)29-37/h31H,2-30H2,1H3,(H,39,46)(H,40,44)(H,41,45)(H,42,48)(H,43,47). The van der Waals surface area contributed by atoms with Crippen LogP contribution in [0.1, 0.15) is 103 Å². The van der Waals surface area contributed by atoms with E-state index in [1.807, 2.05) is 0 Å². The minimum absolute atomic E-state index is 0.0792. The van der Waals surface area contributed by atoms with Crippen molar-refractivity contribution in [1.29, 1.82) is 0 Å². The first-order valence-corrected chi connectivity index (χ1v) is 21.4. The summed E-state index contributed by atoms with van der Waals surface area (Å²) in [4.78, 5) is 59.5. The van der Waals surface area contributed by atoms with Gasteiger partial charge >= 0.3 is 0 Å². The van der Waals surface area contributed by atoms with Crippen molar-refractivity contribution < 1.29 is 42.9 Å². The van der Waals surface area contributed by atoms with Crippen molar-refractivity contribution in [2.45, 2.75) is 109 Å². The van der Waals surface area contributed by atoms with Gasteiger partial charge in [0.15, 0.2) is 0 Å². The van der Waals surface area contributed by atoms with Crippen molar-refractivity contribution in [1.82, 2.24) is 26.6 Å². The molecule has 5 amide bonds. The van der Waals surface area contributed by atoms with Crippen LogP contribution in [0.4, 0.5) is 0 Å². The number of hydrogen-bond donors (Lipinski definition) is 5. The van der Waals surface area contributed by atoms with Crippen LogP contribution in [0.3, 0.4) is 0 Å². The third-order valence-corrected chi connectivity index (χ3v) is 8.81. The van der Waals surface area contributed by atoms with Crippen LogP contribution in [0.25, 0.3) is 0 Å². The normalized spacial score (nSPS) is 11.5. The maximum absolute atomic E-state index is 12.5. The molecule has 0 saturated heterocycles. The molecule has 0 aromatic heterocycles. The van der Waals surface area contributed by atoms with Gasteiger partial charge in [-0.25, -0.2) is 0 Å². The zero-order chi connectivity index (χ0) is 38.3. The summed E-state index contributed by atoms with van der Waals surface area (Å²) in [6.07, 6.45) is 15.6. The molecule has 0 aromatic rings. The van der Waals surface area contributed by atoms with Crippen molar-refractivity contribution in [3.8, 4) is 0 Å². The second kappa shape index (κ2) is 38.9.